The molecule has 0 aliphatic carbocycles. The fourth-order valence-corrected chi connectivity index (χ4v) is 2.77. The standard InChI is InChI=1S/C16H27N3/c1-13(2)18-9-11-19(12-10-18)15-8-6-5-7-14(15)16(3,4)17/h5-8,13H,9-12,17H2,1-4H3. The molecule has 0 bridgehead atoms. The van der Waals surface area contributed by atoms with E-state index in [0.717, 1.165) is 26.2 Å². The van der Waals surface area contributed by atoms with E-state index in [1.165, 1.54) is 11.3 Å². The molecule has 2 rings (SSSR count). The van der Waals surface area contributed by atoms with E-state index >= 15 is 0 Å². The van der Waals surface area contributed by atoms with Crippen LogP contribution in [0, 0.1) is 0 Å². The molecule has 0 amide bonds. The van der Waals surface area contributed by atoms with Crippen molar-refractivity contribution in [3.63, 3.8) is 0 Å². The number of hydrogen-bond acceptors (Lipinski definition) is 3. The van der Waals surface area contributed by atoms with Gasteiger partial charge in [0.25, 0.3) is 0 Å². The molecule has 1 aromatic rings. The predicted octanol–water partition coefficient (Wildman–Crippen LogP) is 2.41. The number of anilines is 1. The lowest BCUT2D eigenvalue weighted by molar-refractivity contribution is 0.209. The Labute approximate surface area is 117 Å². The maximum Gasteiger partial charge on any atom is 0.0418 e. The molecule has 19 heavy (non-hydrogen) atoms. The predicted molar refractivity (Wildman–Crippen MR) is 82.6 cm³/mol. The van der Waals surface area contributed by atoms with Gasteiger partial charge in [0.2, 0.25) is 0 Å². The number of para-hydroxylation sites is 1. The second kappa shape index (κ2) is 5.51. The first-order valence-corrected chi connectivity index (χ1v) is 7.27. The largest absolute Gasteiger partial charge is 0.369 e. The summed E-state index contributed by atoms with van der Waals surface area (Å²) in [4.78, 5) is 5.01. The van der Waals surface area contributed by atoms with Crippen molar-refractivity contribution in [2.75, 3.05) is 31.1 Å². The summed E-state index contributed by atoms with van der Waals surface area (Å²) >= 11 is 0. The van der Waals surface area contributed by atoms with E-state index in [-0.39, 0.29) is 5.54 Å². The molecule has 1 saturated heterocycles. The highest BCUT2D eigenvalue weighted by atomic mass is 15.3. The van der Waals surface area contributed by atoms with Gasteiger partial charge in [0.1, 0.15) is 0 Å². The van der Waals surface area contributed by atoms with Gasteiger partial charge in [-0.2, -0.15) is 0 Å². The molecule has 1 fully saturated rings. The van der Waals surface area contributed by atoms with Crippen LogP contribution >= 0.6 is 0 Å². The van der Waals surface area contributed by atoms with Crippen LogP contribution in [0.25, 0.3) is 0 Å². The fourth-order valence-electron chi connectivity index (χ4n) is 2.77. The van der Waals surface area contributed by atoms with Crippen molar-refractivity contribution < 1.29 is 0 Å². The summed E-state index contributed by atoms with van der Waals surface area (Å²) < 4.78 is 0. The van der Waals surface area contributed by atoms with Crippen LogP contribution in [-0.4, -0.2) is 37.1 Å². The van der Waals surface area contributed by atoms with Crippen LogP contribution in [0.5, 0.6) is 0 Å². The molecule has 2 N–H and O–H groups in total. The summed E-state index contributed by atoms with van der Waals surface area (Å²) in [5, 5.41) is 0. The van der Waals surface area contributed by atoms with Crippen LogP contribution in [0.4, 0.5) is 5.69 Å². The van der Waals surface area contributed by atoms with Gasteiger partial charge in [-0.1, -0.05) is 18.2 Å². The van der Waals surface area contributed by atoms with E-state index in [0.29, 0.717) is 6.04 Å². The van der Waals surface area contributed by atoms with Gasteiger partial charge < -0.3 is 10.6 Å². The normalized spacial score (nSPS) is 18.1. The third-order valence-electron chi connectivity index (χ3n) is 3.98. The minimum Gasteiger partial charge on any atom is -0.369 e. The molecule has 0 atom stereocenters. The van der Waals surface area contributed by atoms with Crippen LogP contribution in [0.15, 0.2) is 24.3 Å². The van der Waals surface area contributed by atoms with Gasteiger partial charge in [-0.05, 0) is 39.3 Å². The molecule has 3 heteroatoms. The van der Waals surface area contributed by atoms with Crippen LogP contribution in [0.1, 0.15) is 33.3 Å². The molecule has 3 nitrogen and oxygen atoms in total. The second-order valence-electron chi connectivity index (χ2n) is 6.36. The molecule has 1 aromatic carbocycles. The molecule has 1 heterocycles. The highest BCUT2D eigenvalue weighted by molar-refractivity contribution is 5.56. The maximum absolute atomic E-state index is 6.30. The molecular weight excluding hydrogens is 234 g/mol. The first kappa shape index (κ1) is 14.4. The Morgan fingerprint density at radius 3 is 2.16 bits per heavy atom. The molecule has 0 aromatic heterocycles. The van der Waals surface area contributed by atoms with Gasteiger partial charge in [-0.15, -0.1) is 0 Å². The Morgan fingerprint density at radius 2 is 1.63 bits per heavy atom. The van der Waals surface area contributed by atoms with Crippen molar-refractivity contribution in [3.05, 3.63) is 29.8 Å². The third-order valence-corrected chi connectivity index (χ3v) is 3.98. The Balaban J connectivity index is 2.16. The molecule has 1 aliphatic heterocycles. The SMILES string of the molecule is CC(C)N1CCN(c2ccccc2C(C)(C)N)CC1. The van der Waals surface area contributed by atoms with Crippen molar-refractivity contribution in [1.29, 1.82) is 0 Å². The molecule has 1 aliphatic rings. The number of nitrogens with zero attached hydrogens (tertiary/aromatic N) is 2. The zero-order chi connectivity index (χ0) is 14.0. The van der Waals surface area contributed by atoms with Crippen LogP contribution < -0.4 is 10.6 Å². The number of benzene rings is 1. The molecule has 0 saturated carbocycles. The first-order valence-electron chi connectivity index (χ1n) is 7.27. The van der Waals surface area contributed by atoms with Crippen molar-refractivity contribution in [1.82, 2.24) is 4.90 Å². The van der Waals surface area contributed by atoms with Crippen LogP contribution in [0.3, 0.4) is 0 Å². The number of rotatable bonds is 3. The van der Waals surface area contributed by atoms with E-state index in [4.69, 9.17) is 5.73 Å². The zero-order valence-electron chi connectivity index (χ0n) is 12.7. The topological polar surface area (TPSA) is 32.5 Å². The quantitative estimate of drug-likeness (QED) is 0.907. The van der Waals surface area contributed by atoms with E-state index < -0.39 is 0 Å². The van der Waals surface area contributed by atoms with Gasteiger partial charge in [0.15, 0.2) is 0 Å². The average Bonchev–Trinajstić information content (AvgIpc) is 2.38. The first-order chi connectivity index (χ1) is 8.89. The number of hydrogen-bond donors (Lipinski definition) is 1. The van der Waals surface area contributed by atoms with Gasteiger partial charge in [-0.25, -0.2) is 0 Å². The Kier molecular flexibility index (Phi) is 4.16. The summed E-state index contributed by atoms with van der Waals surface area (Å²) in [6, 6.07) is 9.19. The second-order valence-corrected chi connectivity index (χ2v) is 6.36. The van der Waals surface area contributed by atoms with Crippen molar-refractivity contribution in [3.8, 4) is 0 Å². The van der Waals surface area contributed by atoms with Gasteiger partial charge >= 0.3 is 0 Å². The minimum absolute atomic E-state index is 0.286. The van der Waals surface area contributed by atoms with E-state index in [2.05, 4.69) is 61.8 Å². The van der Waals surface area contributed by atoms with Gasteiger partial charge in [-0.3, -0.25) is 4.90 Å². The monoisotopic (exact) mass is 261 g/mol. The molecular formula is C16H27N3. The Hall–Kier alpha value is -1.06. The zero-order valence-corrected chi connectivity index (χ0v) is 12.7. The minimum atomic E-state index is -0.286. The smallest absolute Gasteiger partial charge is 0.0418 e. The van der Waals surface area contributed by atoms with Crippen molar-refractivity contribution in [2.45, 2.75) is 39.3 Å². The lowest BCUT2D eigenvalue weighted by Gasteiger charge is -2.40. The number of piperazine rings is 1. The highest BCUT2D eigenvalue weighted by Gasteiger charge is 2.24. The average molecular weight is 261 g/mol. The van der Waals surface area contributed by atoms with E-state index in [1.807, 2.05) is 0 Å². The lowest BCUT2D eigenvalue weighted by atomic mass is 9.93. The van der Waals surface area contributed by atoms with Crippen molar-refractivity contribution in [2.24, 2.45) is 5.73 Å². The molecule has 0 radical (unpaired) electrons. The summed E-state index contributed by atoms with van der Waals surface area (Å²) in [5.74, 6) is 0. The lowest BCUT2D eigenvalue weighted by Crippen LogP contribution is -2.49. The Bertz CT molecular complexity index is 412. The summed E-state index contributed by atoms with van der Waals surface area (Å²) in [6.45, 7) is 13.1. The summed E-state index contributed by atoms with van der Waals surface area (Å²) in [6.07, 6.45) is 0. The van der Waals surface area contributed by atoms with Crippen LogP contribution in [-0.2, 0) is 5.54 Å². The third kappa shape index (κ3) is 3.28. The van der Waals surface area contributed by atoms with Crippen molar-refractivity contribution >= 4 is 5.69 Å². The highest BCUT2D eigenvalue weighted by Crippen LogP contribution is 2.29. The maximum atomic E-state index is 6.30. The van der Waals surface area contributed by atoms with Gasteiger partial charge in [0, 0.05) is 43.4 Å². The van der Waals surface area contributed by atoms with E-state index in [1.54, 1.807) is 0 Å². The molecule has 106 valence electrons. The van der Waals surface area contributed by atoms with E-state index in [9.17, 15) is 0 Å². The Morgan fingerprint density at radius 1 is 1.05 bits per heavy atom. The molecule has 0 unspecified atom stereocenters. The van der Waals surface area contributed by atoms with Gasteiger partial charge in [0.05, 0.1) is 0 Å². The molecule has 0 spiro atoms. The fraction of sp³-hybridized carbons (Fsp3) is 0.625. The summed E-state index contributed by atoms with van der Waals surface area (Å²) in [5.41, 5.74) is 8.56. The summed E-state index contributed by atoms with van der Waals surface area (Å²) in [7, 11) is 0. The van der Waals surface area contributed by atoms with Crippen LogP contribution in [0.2, 0.25) is 0 Å². The number of nitrogens with two attached hydrogens (primary N) is 1.